The smallest absolute Gasteiger partial charge is 0.0594 e. The molecule has 0 aromatic heterocycles. The van der Waals surface area contributed by atoms with Gasteiger partial charge in [0.05, 0.1) is 5.69 Å². The number of nitrogens with zero attached hydrogens (tertiary/aromatic N) is 2. The van der Waals surface area contributed by atoms with Crippen LogP contribution in [0, 0.1) is 24.7 Å². The highest BCUT2D eigenvalue weighted by Gasteiger charge is 2.15. The van der Waals surface area contributed by atoms with Crippen LogP contribution in [0.5, 0.6) is 0 Å². The zero-order valence-corrected chi connectivity index (χ0v) is 15.2. The zero-order chi connectivity index (χ0) is 16.8. The van der Waals surface area contributed by atoms with E-state index in [0.717, 1.165) is 23.6 Å². The molecule has 0 amide bonds. The van der Waals surface area contributed by atoms with Crippen molar-refractivity contribution in [3.63, 3.8) is 0 Å². The maximum absolute atomic E-state index is 4.05. The summed E-state index contributed by atoms with van der Waals surface area (Å²) in [6.07, 6.45) is 4.88. The van der Waals surface area contributed by atoms with E-state index in [4.69, 9.17) is 0 Å². The van der Waals surface area contributed by atoms with Crippen molar-refractivity contribution in [1.29, 1.82) is 0 Å². The lowest BCUT2D eigenvalue weighted by molar-refractivity contribution is 0.213. The van der Waals surface area contributed by atoms with Gasteiger partial charge in [0.1, 0.15) is 0 Å². The Morgan fingerprint density at radius 2 is 2.04 bits per heavy atom. The molecule has 0 spiro atoms. The molecule has 2 nitrogen and oxygen atoms in total. The topological polar surface area (TPSA) is 6.48 Å². The molecule has 124 valence electrons. The number of likely N-dealkylation sites (tertiary alicyclic amines) is 1. The fourth-order valence-corrected chi connectivity index (χ4v) is 3.18. The Balaban J connectivity index is 2.01. The molecule has 23 heavy (non-hydrogen) atoms. The highest BCUT2D eigenvalue weighted by molar-refractivity contribution is 5.67. The van der Waals surface area contributed by atoms with Crippen LogP contribution in [0.25, 0.3) is 0 Å². The average Bonchev–Trinajstić information content (AvgIpc) is 2.52. The van der Waals surface area contributed by atoms with Gasteiger partial charge in [-0.15, -0.1) is 0 Å². The number of para-hydroxylation sites is 1. The summed E-state index contributed by atoms with van der Waals surface area (Å²) in [4.78, 5) is 4.56. The van der Waals surface area contributed by atoms with Crippen molar-refractivity contribution in [3.8, 4) is 11.8 Å². The minimum Gasteiger partial charge on any atom is -0.348 e. The summed E-state index contributed by atoms with van der Waals surface area (Å²) in [7, 11) is 4.28. The van der Waals surface area contributed by atoms with Gasteiger partial charge in [-0.05, 0) is 70.8 Å². The normalized spacial score (nSPS) is 15.8. The van der Waals surface area contributed by atoms with Gasteiger partial charge < -0.3 is 9.80 Å². The first-order chi connectivity index (χ1) is 11.0. The van der Waals surface area contributed by atoms with E-state index in [1.165, 1.54) is 43.6 Å². The van der Waals surface area contributed by atoms with Crippen LogP contribution in [0.1, 0.15) is 43.7 Å². The predicted molar refractivity (Wildman–Crippen MR) is 101 cm³/mol. The van der Waals surface area contributed by atoms with Crippen LogP contribution < -0.4 is 4.90 Å². The van der Waals surface area contributed by atoms with Crippen LogP contribution in [0.15, 0.2) is 30.5 Å². The molecule has 1 aromatic rings. The highest BCUT2D eigenvalue weighted by Crippen LogP contribution is 2.26. The SMILES string of the molecule is C=C(C)N(C)c1c(C)cccc1C#CCCC1CCN(C)CC1. The lowest BCUT2D eigenvalue weighted by atomic mass is 9.92. The molecule has 1 aromatic carbocycles. The number of benzene rings is 1. The van der Waals surface area contributed by atoms with E-state index in [-0.39, 0.29) is 0 Å². The second-order valence-corrected chi connectivity index (χ2v) is 6.85. The molecule has 1 saturated heterocycles. The van der Waals surface area contributed by atoms with Gasteiger partial charge >= 0.3 is 0 Å². The molecule has 0 aliphatic carbocycles. The standard InChI is InChI=1S/C21H30N2/c1-17(2)23(5)21-18(3)9-8-12-20(21)11-7-6-10-19-13-15-22(4)16-14-19/h8-9,12,19H,1,6,10,13-16H2,2-5H3. The summed E-state index contributed by atoms with van der Waals surface area (Å²) < 4.78 is 0. The Labute approximate surface area is 142 Å². The molecule has 1 aliphatic heterocycles. The summed E-state index contributed by atoms with van der Waals surface area (Å²) in [6, 6.07) is 6.34. The number of aryl methyl sites for hydroxylation is 1. The minimum absolute atomic E-state index is 0.857. The van der Waals surface area contributed by atoms with E-state index in [9.17, 15) is 0 Å². The quantitative estimate of drug-likeness (QED) is 0.759. The van der Waals surface area contributed by atoms with Crippen LogP contribution in [0.2, 0.25) is 0 Å². The second kappa shape index (κ2) is 8.22. The summed E-state index contributed by atoms with van der Waals surface area (Å²) in [5.74, 6) is 7.65. The average molecular weight is 310 g/mol. The van der Waals surface area contributed by atoms with E-state index in [2.05, 4.69) is 67.4 Å². The number of hydrogen-bond acceptors (Lipinski definition) is 2. The predicted octanol–water partition coefficient (Wildman–Crippen LogP) is 4.44. The molecular formula is C21H30N2. The van der Waals surface area contributed by atoms with Crippen molar-refractivity contribution in [2.24, 2.45) is 5.92 Å². The first kappa shape index (κ1) is 17.6. The van der Waals surface area contributed by atoms with Crippen molar-refractivity contribution in [2.75, 3.05) is 32.1 Å². The Bertz CT molecular complexity index is 598. The van der Waals surface area contributed by atoms with Crippen molar-refractivity contribution < 1.29 is 0 Å². The number of hydrogen-bond donors (Lipinski definition) is 0. The largest absolute Gasteiger partial charge is 0.348 e. The minimum atomic E-state index is 0.857. The Morgan fingerprint density at radius 3 is 2.70 bits per heavy atom. The molecule has 0 bridgehead atoms. The van der Waals surface area contributed by atoms with E-state index < -0.39 is 0 Å². The summed E-state index contributed by atoms with van der Waals surface area (Å²) >= 11 is 0. The zero-order valence-electron chi connectivity index (χ0n) is 15.2. The van der Waals surface area contributed by atoms with Crippen LogP contribution in [-0.2, 0) is 0 Å². The van der Waals surface area contributed by atoms with Gasteiger partial charge in [-0.25, -0.2) is 0 Å². The molecule has 2 rings (SSSR count). The lowest BCUT2D eigenvalue weighted by Gasteiger charge is -2.28. The second-order valence-electron chi connectivity index (χ2n) is 6.85. The molecule has 0 N–H and O–H groups in total. The van der Waals surface area contributed by atoms with Gasteiger partial charge in [-0.1, -0.05) is 30.6 Å². The van der Waals surface area contributed by atoms with Gasteiger partial charge in [0.25, 0.3) is 0 Å². The first-order valence-electron chi connectivity index (χ1n) is 8.65. The van der Waals surface area contributed by atoms with Gasteiger partial charge in [-0.2, -0.15) is 0 Å². The molecule has 0 unspecified atom stereocenters. The first-order valence-corrected chi connectivity index (χ1v) is 8.65. The Hall–Kier alpha value is -1.72. The molecular weight excluding hydrogens is 280 g/mol. The van der Waals surface area contributed by atoms with Crippen LogP contribution >= 0.6 is 0 Å². The van der Waals surface area contributed by atoms with Crippen LogP contribution in [0.4, 0.5) is 5.69 Å². The van der Waals surface area contributed by atoms with Crippen LogP contribution in [0.3, 0.4) is 0 Å². The third kappa shape index (κ3) is 4.88. The number of piperidine rings is 1. The molecule has 1 heterocycles. The molecule has 0 radical (unpaired) electrons. The van der Waals surface area contributed by atoms with E-state index in [1.807, 2.05) is 6.92 Å². The molecule has 1 aliphatic rings. The fourth-order valence-electron chi connectivity index (χ4n) is 3.18. The van der Waals surface area contributed by atoms with E-state index in [1.54, 1.807) is 0 Å². The van der Waals surface area contributed by atoms with Crippen molar-refractivity contribution >= 4 is 5.69 Å². The number of rotatable bonds is 4. The Morgan fingerprint density at radius 1 is 1.35 bits per heavy atom. The number of anilines is 1. The molecule has 1 fully saturated rings. The third-order valence-electron chi connectivity index (χ3n) is 4.88. The third-order valence-corrected chi connectivity index (χ3v) is 4.88. The Kier molecular flexibility index (Phi) is 6.30. The van der Waals surface area contributed by atoms with Gasteiger partial charge in [0, 0.05) is 24.7 Å². The lowest BCUT2D eigenvalue weighted by Crippen LogP contribution is -2.30. The fraction of sp³-hybridized carbons (Fsp3) is 0.524. The molecule has 0 atom stereocenters. The summed E-state index contributed by atoms with van der Waals surface area (Å²) in [6.45, 7) is 10.7. The number of allylic oxidation sites excluding steroid dienone is 1. The summed E-state index contributed by atoms with van der Waals surface area (Å²) in [5, 5.41) is 0. The van der Waals surface area contributed by atoms with Gasteiger partial charge in [-0.3, -0.25) is 0 Å². The van der Waals surface area contributed by atoms with Crippen molar-refractivity contribution in [1.82, 2.24) is 4.90 Å². The highest BCUT2D eigenvalue weighted by atomic mass is 15.1. The van der Waals surface area contributed by atoms with E-state index in [0.29, 0.717) is 0 Å². The maximum Gasteiger partial charge on any atom is 0.0594 e. The maximum atomic E-state index is 4.05. The van der Waals surface area contributed by atoms with Crippen LogP contribution in [-0.4, -0.2) is 32.1 Å². The van der Waals surface area contributed by atoms with Crippen molar-refractivity contribution in [3.05, 3.63) is 41.6 Å². The van der Waals surface area contributed by atoms with Crippen molar-refractivity contribution in [2.45, 2.75) is 39.5 Å². The molecule has 0 saturated carbocycles. The van der Waals surface area contributed by atoms with Gasteiger partial charge in [0.2, 0.25) is 0 Å². The van der Waals surface area contributed by atoms with E-state index >= 15 is 0 Å². The summed E-state index contributed by atoms with van der Waals surface area (Å²) in [5.41, 5.74) is 4.58. The molecule has 2 heteroatoms. The van der Waals surface area contributed by atoms with Gasteiger partial charge in [0.15, 0.2) is 0 Å². The monoisotopic (exact) mass is 310 g/mol.